The van der Waals surface area contributed by atoms with Crippen molar-refractivity contribution < 1.29 is 17.9 Å². The number of sulfone groups is 1. The van der Waals surface area contributed by atoms with Crippen molar-refractivity contribution in [2.45, 2.75) is 18.2 Å². The van der Waals surface area contributed by atoms with Gasteiger partial charge in [-0.3, -0.25) is 4.79 Å². The van der Waals surface area contributed by atoms with E-state index in [-0.39, 0.29) is 35.3 Å². The Hall–Kier alpha value is -0.600. The number of carbonyl (C=O) groups excluding carboxylic acids is 1. The van der Waals surface area contributed by atoms with Gasteiger partial charge < -0.3 is 9.64 Å². The largest absolute Gasteiger partial charge is 0.375 e. The average molecular weight is 292 g/mol. The summed E-state index contributed by atoms with van der Waals surface area (Å²) in [5.41, 5.74) is 0. The van der Waals surface area contributed by atoms with Gasteiger partial charge in [-0.2, -0.15) is 4.99 Å². The van der Waals surface area contributed by atoms with Crippen LogP contribution in [0.5, 0.6) is 0 Å². The lowest BCUT2D eigenvalue weighted by molar-refractivity contribution is -0.121. The van der Waals surface area contributed by atoms with Crippen molar-refractivity contribution in [1.82, 2.24) is 4.90 Å². The maximum Gasteiger partial charge on any atom is 0.274 e. The van der Waals surface area contributed by atoms with Gasteiger partial charge in [0.25, 0.3) is 5.91 Å². The first-order chi connectivity index (χ1) is 8.46. The number of thioether (sulfide) groups is 1. The van der Waals surface area contributed by atoms with E-state index in [1.54, 1.807) is 0 Å². The number of aliphatic imine (C=N–C) groups is 1. The van der Waals surface area contributed by atoms with Gasteiger partial charge in [0.1, 0.15) is 6.61 Å². The third-order valence-corrected chi connectivity index (χ3v) is 6.25. The molecule has 2 saturated heterocycles. The summed E-state index contributed by atoms with van der Waals surface area (Å²) in [4.78, 5) is 17.3. The third kappa shape index (κ3) is 2.70. The van der Waals surface area contributed by atoms with E-state index in [4.69, 9.17) is 4.74 Å². The Labute approximate surface area is 111 Å². The van der Waals surface area contributed by atoms with Crippen LogP contribution in [-0.4, -0.2) is 67.5 Å². The number of rotatable bonds is 3. The Morgan fingerprint density at radius 2 is 2.28 bits per heavy atom. The summed E-state index contributed by atoms with van der Waals surface area (Å²) in [5, 5.41) is 0.633. The number of carbonyl (C=O) groups is 1. The standard InChI is InChI=1S/C10H16N2O4S2/c1-3-12-7-5-18(14,15)6-8(7)17-10(12)11-9(13)4-16-2/h7-8H,3-6H2,1-2H3/t7-,8+/m0/s1. The number of amidine groups is 1. The van der Waals surface area contributed by atoms with Crippen molar-refractivity contribution in [3.8, 4) is 0 Å². The van der Waals surface area contributed by atoms with Crippen LogP contribution in [0.1, 0.15) is 6.92 Å². The fraction of sp³-hybridized carbons (Fsp3) is 0.800. The highest BCUT2D eigenvalue weighted by atomic mass is 32.2. The fourth-order valence-electron chi connectivity index (χ4n) is 2.27. The van der Waals surface area contributed by atoms with E-state index < -0.39 is 9.84 Å². The molecule has 0 aromatic carbocycles. The van der Waals surface area contributed by atoms with Gasteiger partial charge in [-0.15, -0.1) is 0 Å². The minimum Gasteiger partial charge on any atom is -0.375 e. The number of amides is 1. The van der Waals surface area contributed by atoms with Gasteiger partial charge in [0.2, 0.25) is 0 Å². The lowest BCUT2D eigenvalue weighted by atomic mass is 10.2. The van der Waals surface area contributed by atoms with E-state index in [0.717, 1.165) is 0 Å². The van der Waals surface area contributed by atoms with Crippen LogP contribution < -0.4 is 0 Å². The number of ether oxygens (including phenoxy) is 1. The van der Waals surface area contributed by atoms with Crippen LogP contribution in [0.25, 0.3) is 0 Å². The zero-order valence-electron chi connectivity index (χ0n) is 10.3. The molecule has 0 bridgehead atoms. The van der Waals surface area contributed by atoms with Gasteiger partial charge in [-0.25, -0.2) is 8.42 Å². The number of hydrogen-bond donors (Lipinski definition) is 0. The quantitative estimate of drug-likeness (QED) is 0.714. The first-order valence-corrected chi connectivity index (χ1v) is 8.41. The molecule has 0 spiro atoms. The Morgan fingerprint density at radius 3 is 2.89 bits per heavy atom. The lowest BCUT2D eigenvalue weighted by Crippen LogP contribution is -2.37. The summed E-state index contributed by atoms with van der Waals surface area (Å²) in [5.74, 6) is 0.00745. The molecule has 6 nitrogen and oxygen atoms in total. The molecule has 8 heteroatoms. The van der Waals surface area contributed by atoms with Crippen molar-refractivity contribution in [3.63, 3.8) is 0 Å². The summed E-state index contributed by atoms with van der Waals surface area (Å²) < 4.78 is 27.9. The Bertz CT molecular complexity index is 474. The normalized spacial score (nSPS) is 31.9. The molecule has 0 aromatic heterocycles. The topological polar surface area (TPSA) is 76.0 Å². The molecule has 0 unspecified atom stereocenters. The minimum atomic E-state index is -2.94. The van der Waals surface area contributed by atoms with Gasteiger partial charge in [0.05, 0.1) is 17.5 Å². The number of nitrogens with zero attached hydrogens (tertiary/aromatic N) is 2. The van der Waals surface area contributed by atoms with Crippen molar-refractivity contribution in [3.05, 3.63) is 0 Å². The highest BCUT2D eigenvalue weighted by Crippen LogP contribution is 2.37. The van der Waals surface area contributed by atoms with Crippen LogP contribution in [0.2, 0.25) is 0 Å². The zero-order chi connectivity index (χ0) is 13.3. The van der Waals surface area contributed by atoms with Crippen LogP contribution >= 0.6 is 11.8 Å². The second-order valence-corrected chi connectivity index (χ2v) is 7.67. The monoisotopic (exact) mass is 292 g/mol. The molecule has 0 radical (unpaired) electrons. The molecular formula is C10H16N2O4S2. The molecule has 2 heterocycles. The average Bonchev–Trinajstić information content (AvgIpc) is 2.69. The summed E-state index contributed by atoms with van der Waals surface area (Å²) in [6.45, 7) is 2.54. The predicted molar refractivity (Wildman–Crippen MR) is 70.5 cm³/mol. The smallest absolute Gasteiger partial charge is 0.274 e. The van der Waals surface area contributed by atoms with Crippen LogP contribution in [0.3, 0.4) is 0 Å². The number of methoxy groups -OCH3 is 1. The molecule has 2 fully saturated rings. The molecule has 2 aliphatic rings. The van der Waals surface area contributed by atoms with Gasteiger partial charge in [0.15, 0.2) is 15.0 Å². The highest BCUT2D eigenvalue weighted by Gasteiger charge is 2.48. The Balaban J connectivity index is 2.16. The molecule has 102 valence electrons. The summed E-state index contributed by atoms with van der Waals surface area (Å²) in [6, 6.07) is -0.0425. The van der Waals surface area contributed by atoms with E-state index in [2.05, 4.69) is 4.99 Å². The Kier molecular flexibility index (Phi) is 3.98. The summed E-state index contributed by atoms with van der Waals surface area (Å²) in [7, 11) is -1.49. The van der Waals surface area contributed by atoms with Crippen LogP contribution in [-0.2, 0) is 19.4 Å². The minimum absolute atomic E-state index is 0.00375. The molecule has 0 saturated carbocycles. The number of hydrogen-bond acceptors (Lipinski definition) is 5. The molecule has 0 N–H and O–H groups in total. The molecule has 2 rings (SSSR count). The van der Waals surface area contributed by atoms with E-state index in [1.807, 2.05) is 11.8 Å². The van der Waals surface area contributed by atoms with Crippen molar-refractivity contribution in [1.29, 1.82) is 0 Å². The maximum absolute atomic E-state index is 11.6. The van der Waals surface area contributed by atoms with Crippen molar-refractivity contribution in [2.75, 3.05) is 31.8 Å². The van der Waals surface area contributed by atoms with Gasteiger partial charge in [0, 0.05) is 18.9 Å². The number of fused-ring (bicyclic) bond motifs is 1. The van der Waals surface area contributed by atoms with Gasteiger partial charge in [-0.05, 0) is 6.92 Å². The van der Waals surface area contributed by atoms with Crippen LogP contribution in [0, 0.1) is 0 Å². The molecular weight excluding hydrogens is 276 g/mol. The van der Waals surface area contributed by atoms with Crippen LogP contribution in [0.15, 0.2) is 4.99 Å². The Morgan fingerprint density at radius 1 is 1.56 bits per heavy atom. The summed E-state index contributed by atoms with van der Waals surface area (Å²) in [6.07, 6.45) is 0. The molecule has 0 aromatic rings. The van der Waals surface area contributed by atoms with E-state index >= 15 is 0 Å². The second kappa shape index (κ2) is 5.18. The van der Waals surface area contributed by atoms with Gasteiger partial charge >= 0.3 is 0 Å². The van der Waals surface area contributed by atoms with Crippen LogP contribution in [0.4, 0.5) is 0 Å². The third-order valence-electron chi connectivity index (χ3n) is 3.00. The predicted octanol–water partition coefficient (Wildman–Crippen LogP) is -0.250. The first kappa shape index (κ1) is 13.8. The molecule has 2 aliphatic heterocycles. The molecule has 0 aliphatic carbocycles. The lowest BCUT2D eigenvalue weighted by Gasteiger charge is -2.22. The highest BCUT2D eigenvalue weighted by molar-refractivity contribution is 8.15. The van der Waals surface area contributed by atoms with Crippen molar-refractivity contribution in [2.24, 2.45) is 4.99 Å². The van der Waals surface area contributed by atoms with E-state index in [1.165, 1.54) is 18.9 Å². The van der Waals surface area contributed by atoms with E-state index in [0.29, 0.717) is 11.7 Å². The zero-order valence-corrected chi connectivity index (χ0v) is 12.0. The fourth-order valence-corrected chi connectivity index (χ4v) is 6.30. The summed E-state index contributed by atoms with van der Waals surface area (Å²) >= 11 is 1.39. The molecule has 18 heavy (non-hydrogen) atoms. The maximum atomic E-state index is 11.6. The second-order valence-electron chi connectivity index (χ2n) is 4.31. The van der Waals surface area contributed by atoms with Gasteiger partial charge in [-0.1, -0.05) is 11.8 Å². The van der Waals surface area contributed by atoms with E-state index in [9.17, 15) is 13.2 Å². The SMILES string of the molecule is CCN1C(=NC(=O)COC)S[C@@H]2CS(=O)(=O)C[C@@H]21. The van der Waals surface area contributed by atoms with Crippen molar-refractivity contribution >= 4 is 32.7 Å². The molecule has 2 atom stereocenters. The molecule has 1 amide bonds. The first-order valence-electron chi connectivity index (χ1n) is 5.71.